The van der Waals surface area contributed by atoms with Crippen LogP contribution >= 0.6 is 11.6 Å². The lowest BCUT2D eigenvalue weighted by Gasteiger charge is -2.36. The Morgan fingerprint density at radius 2 is 1.03 bits per heavy atom. The molecule has 69 heavy (non-hydrogen) atoms. The summed E-state index contributed by atoms with van der Waals surface area (Å²) in [5, 5.41) is 16.1. The van der Waals surface area contributed by atoms with E-state index in [-0.39, 0.29) is 51.8 Å². The summed E-state index contributed by atoms with van der Waals surface area (Å²) in [5.74, 6) is 0.716. The minimum Gasteiger partial charge on any atom is -0.400 e. The number of alkyl halides is 5. The summed E-state index contributed by atoms with van der Waals surface area (Å²) in [7, 11) is 1.00. The van der Waals surface area contributed by atoms with E-state index in [0.29, 0.717) is 68.6 Å². The Kier molecular flexibility index (Phi) is 13.3. The summed E-state index contributed by atoms with van der Waals surface area (Å²) in [5.41, 5.74) is 7.04. The number of carbonyl (C=O) groups is 2. The maximum Gasteiger partial charge on any atom is 0.586 e. The zero-order chi connectivity index (χ0) is 49.9. The molecule has 4 aromatic carbocycles. The third-order valence-electron chi connectivity index (χ3n) is 14.5. The topological polar surface area (TPSA) is 122 Å². The Morgan fingerprint density at radius 3 is 1.39 bits per heavy atom. The van der Waals surface area contributed by atoms with E-state index >= 15 is 0 Å². The molecule has 2 saturated carbocycles. The fourth-order valence-electron chi connectivity index (χ4n) is 10.6. The van der Waals surface area contributed by atoms with E-state index in [0.717, 1.165) is 48.9 Å². The fourth-order valence-corrected chi connectivity index (χ4v) is 10.8. The van der Waals surface area contributed by atoms with Crippen LogP contribution in [0.2, 0.25) is 0 Å². The van der Waals surface area contributed by atoms with Crippen LogP contribution in [0.4, 0.5) is 28.9 Å². The fraction of sp³-hybridized carbons (Fsp3) is 0.500. The standard InChI is InChI=1S/C27H28F2N2O3.C26H28ClF2NO3.CH4O/c1-25(2,3)23-15-18-13-17(5-7-20(18)31(23)12-4-11-30)14-24(32)26(9-10-26)19-6-8-21-22(16-19)34-27(28,29)33-21;1-24(2,3)22-14-17-12-16(4-6-19(17)30(22)11-10-27)13-23(31)25(8-9-25)18-5-7-20-21(15-18)33-26(28,29)32-20;1-2/h5-8,13,16,23H,4,9-10,12,14-15H2,1-3H3;4-7,12,15,22H,8-11,13-14H2,1-3H3;2H,1H3. The highest BCUT2D eigenvalue weighted by Gasteiger charge is 2.54. The van der Waals surface area contributed by atoms with E-state index < -0.39 is 23.4 Å². The maximum atomic E-state index is 13.4. The molecule has 15 heteroatoms. The lowest BCUT2D eigenvalue weighted by Crippen LogP contribution is -2.42. The highest BCUT2D eigenvalue weighted by atomic mass is 35.5. The Balaban J connectivity index is 0.000000180. The van der Waals surface area contributed by atoms with Crippen LogP contribution in [0, 0.1) is 22.2 Å². The predicted octanol–water partition coefficient (Wildman–Crippen LogP) is 11.0. The summed E-state index contributed by atoms with van der Waals surface area (Å²) in [6.45, 7) is 14.9. The first kappa shape index (κ1) is 49.9. The molecule has 0 bridgehead atoms. The SMILES string of the molecule is CC(C)(C)C1Cc2cc(CC(=O)C3(c4ccc5c(c4)OC(F)(F)O5)CC3)ccc2N1CCC#N.CC(C)(C)C1Cc2cc(CC(=O)C3(c4ccc5c(c4)OC(F)(F)O5)CC3)ccc2N1CCCl.CO. The van der Waals surface area contributed by atoms with Gasteiger partial charge in [0.2, 0.25) is 0 Å². The van der Waals surface area contributed by atoms with E-state index in [1.807, 2.05) is 12.1 Å². The number of Topliss-reactive ketones (excluding diaryl/α,β-unsaturated/α-hetero) is 2. The van der Waals surface area contributed by atoms with Crippen molar-refractivity contribution < 1.29 is 51.2 Å². The molecule has 2 aliphatic carbocycles. The number of ketones is 2. The Hall–Kier alpha value is -5.52. The lowest BCUT2D eigenvalue weighted by atomic mass is 9.84. The number of rotatable bonds is 12. The third kappa shape index (κ3) is 9.96. The summed E-state index contributed by atoms with van der Waals surface area (Å²) in [6.07, 6.45) is -1.63. The Bertz CT molecular complexity index is 2670. The maximum absolute atomic E-state index is 13.4. The molecule has 0 amide bonds. The van der Waals surface area contributed by atoms with Crippen molar-refractivity contribution in [3.05, 3.63) is 106 Å². The van der Waals surface area contributed by atoms with E-state index in [9.17, 15) is 27.2 Å². The van der Waals surface area contributed by atoms with E-state index in [1.54, 1.807) is 12.1 Å². The molecule has 4 aliphatic heterocycles. The second-order valence-electron chi connectivity index (χ2n) is 21.1. The molecule has 4 heterocycles. The highest BCUT2D eigenvalue weighted by Crippen LogP contribution is 2.54. The van der Waals surface area contributed by atoms with Crippen molar-refractivity contribution in [1.29, 1.82) is 5.26 Å². The minimum atomic E-state index is -3.67. The largest absolute Gasteiger partial charge is 0.586 e. The number of hydrogen-bond acceptors (Lipinski definition) is 10. The number of aliphatic hydroxyl groups is 1. The van der Waals surface area contributed by atoms with Crippen LogP contribution in [0.15, 0.2) is 72.8 Å². The smallest absolute Gasteiger partial charge is 0.400 e. The third-order valence-corrected chi connectivity index (χ3v) is 14.6. The second kappa shape index (κ2) is 18.3. The molecule has 368 valence electrons. The van der Waals surface area contributed by atoms with Gasteiger partial charge in [-0.05, 0) is 119 Å². The average molecular weight is 975 g/mol. The number of carbonyl (C=O) groups excluding carboxylic acids is 2. The number of ether oxygens (including phenoxy) is 4. The van der Waals surface area contributed by atoms with Crippen LogP contribution in [0.3, 0.4) is 0 Å². The van der Waals surface area contributed by atoms with E-state index in [2.05, 4.69) is 101 Å². The molecule has 2 unspecified atom stereocenters. The van der Waals surface area contributed by atoms with Crippen molar-refractivity contribution in [3.63, 3.8) is 0 Å². The first-order chi connectivity index (χ1) is 32.5. The molecular weight excluding hydrogens is 914 g/mol. The molecule has 2 fully saturated rings. The highest BCUT2D eigenvalue weighted by molar-refractivity contribution is 6.18. The van der Waals surface area contributed by atoms with Gasteiger partial charge in [-0.3, -0.25) is 9.59 Å². The first-order valence-corrected chi connectivity index (χ1v) is 24.1. The van der Waals surface area contributed by atoms with Gasteiger partial charge in [-0.1, -0.05) is 77.9 Å². The predicted molar refractivity (Wildman–Crippen MR) is 255 cm³/mol. The number of benzene rings is 4. The van der Waals surface area contributed by atoms with Crippen molar-refractivity contribution in [2.75, 3.05) is 35.9 Å². The van der Waals surface area contributed by atoms with Gasteiger partial charge in [0.05, 0.1) is 23.3 Å². The zero-order valence-corrected chi connectivity index (χ0v) is 41.0. The zero-order valence-electron chi connectivity index (χ0n) is 40.2. The van der Waals surface area contributed by atoms with Crippen molar-refractivity contribution in [1.82, 2.24) is 0 Å². The van der Waals surface area contributed by atoms with Crippen LogP contribution in [0.5, 0.6) is 23.0 Å². The molecule has 0 radical (unpaired) electrons. The van der Waals surface area contributed by atoms with Crippen LogP contribution in [-0.4, -0.2) is 67.4 Å². The summed E-state index contributed by atoms with van der Waals surface area (Å²) in [4.78, 5) is 31.5. The normalized spacial score (nSPS) is 20.9. The Labute approximate surface area is 406 Å². The molecule has 2 atom stereocenters. The van der Waals surface area contributed by atoms with Crippen molar-refractivity contribution >= 4 is 34.5 Å². The van der Waals surface area contributed by atoms with Crippen LogP contribution in [0.1, 0.15) is 107 Å². The molecule has 4 aromatic rings. The van der Waals surface area contributed by atoms with Gasteiger partial charge >= 0.3 is 12.6 Å². The van der Waals surface area contributed by atoms with Crippen molar-refractivity contribution in [2.45, 2.75) is 135 Å². The van der Waals surface area contributed by atoms with Crippen molar-refractivity contribution in [3.8, 4) is 29.1 Å². The molecule has 10 nitrogen and oxygen atoms in total. The number of fused-ring (bicyclic) bond motifs is 4. The van der Waals surface area contributed by atoms with Crippen molar-refractivity contribution in [2.24, 2.45) is 10.8 Å². The number of nitriles is 1. The van der Waals surface area contributed by atoms with Gasteiger partial charge in [0.25, 0.3) is 0 Å². The van der Waals surface area contributed by atoms with Crippen LogP contribution in [-0.2, 0) is 46.1 Å². The van der Waals surface area contributed by atoms with E-state index in [1.165, 1.54) is 41.1 Å². The summed E-state index contributed by atoms with van der Waals surface area (Å²) >= 11 is 6.09. The molecule has 0 saturated heterocycles. The molecule has 10 rings (SSSR count). The molecule has 1 N–H and O–H groups in total. The number of halogens is 5. The van der Waals surface area contributed by atoms with E-state index in [4.69, 9.17) is 22.0 Å². The van der Waals surface area contributed by atoms with Crippen LogP contribution < -0.4 is 28.7 Å². The number of nitrogens with zero attached hydrogens (tertiary/aromatic N) is 3. The molecule has 0 aromatic heterocycles. The van der Waals surface area contributed by atoms with Gasteiger partial charge in [0.15, 0.2) is 23.0 Å². The monoisotopic (exact) mass is 973 g/mol. The quantitative estimate of drug-likeness (QED) is 0.108. The summed E-state index contributed by atoms with van der Waals surface area (Å²) in [6, 6.07) is 24.7. The van der Waals surface area contributed by atoms with Gasteiger partial charge in [-0.15, -0.1) is 29.2 Å². The average Bonchev–Trinajstić information content (AvgIpc) is 4.14. The second-order valence-corrected chi connectivity index (χ2v) is 21.5. The molecule has 0 spiro atoms. The number of aliphatic hydroxyl groups excluding tert-OH is 1. The Morgan fingerprint density at radius 1 is 0.638 bits per heavy atom. The lowest BCUT2D eigenvalue weighted by molar-refractivity contribution is -0.287. The molecular formula is C54H60ClF4N3O7. The molecule has 6 aliphatic rings. The van der Waals surface area contributed by atoms with Gasteiger partial charge in [-0.25, -0.2) is 0 Å². The van der Waals surface area contributed by atoms with Crippen LogP contribution in [0.25, 0.3) is 0 Å². The van der Waals surface area contributed by atoms with Gasteiger partial charge in [0, 0.05) is 62.4 Å². The summed E-state index contributed by atoms with van der Waals surface area (Å²) < 4.78 is 71.7. The minimum absolute atomic E-state index is 0.000485. The van der Waals surface area contributed by atoms with Gasteiger partial charge in [0.1, 0.15) is 11.6 Å². The first-order valence-electron chi connectivity index (χ1n) is 23.6. The number of hydrogen-bond donors (Lipinski definition) is 1. The van der Waals surface area contributed by atoms with Gasteiger partial charge < -0.3 is 33.9 Å². The van der Waals surface area contributed by atoms with Gasteiger partial charge in [-0.2, -0.15) is 5.26 Å². The number of anilines is 2.